The fraction of sp³-hybridized carbons (Fsp3) is 0.143. The van der Waals surface area contributed by atoms with Gasteiger partial charge in [0.2, 0.25) is 0 Å². The van der Waals surface area contributed by atoms with Crippen molar-refractivity contribution in [1.82, 2.24) is 0 Å². The van der Waals surface area contributed by atoms with E-state index in [4.69, 9.17) is 23.2 Å². The van der Waals surface area contributed by atoms with Crippen molar-refractivity contribution in [2.24, 2.45) is 0 Å². The van der Waals surface area contributed by atoms with E-state index >= 15 is 0 Å². The lowest BCUT2D eigenvalue weighted by molar-refractivity contribution is 0.570. The van der Waals surface area contributed by atoms with Gasteiger partial charge in [-0.25, -0.2) is 13.2 Å². The minimum Gasteiger partial charge on any atom is -0.207 e. The van der Waals surface area contributed by atoms with E-state index in [-0.39, 0.29) is 17.0 Å². The zero-order valence-electron chi connectivity index (χ0n) is 9.64. The van der Waals surface area contributed by atoms with Crippen molar-refractivity contribution in [3.05, 3.63) is 70.0 Å². The van der Waals surface area contributed by atoms with E-state index in [1.807, 2.05) is 0 Å². The third-order valence-electron chi connectivity index (χ3n) is 2.73. The molecule has 0 aliphatic heterocycles. The summed E-state index contributed by atoms with van der Waals surface area (Å²) < 4.78 is 39.6. The minimum absolute atomic E-state index is 0.0787. The first kappa shape index (κ1) is 14.2. The first-order valence-electron chi connectivity index (χ1n) is 5.51. The lowest BCUT2D eigenvalue weighted by Gasteiger charge is -2.12. The van der Waals surface area contributed by atoms with Gasteiger partial charge in [0.15, 0.2) is 0 Å². The monoisotopic (exact) mass is 304 g/mol. The average Bonchev–Trinajstić information content (AvgIpc) is 2.36. The minimum atomic E-state index is -0.692. The summed E-state index contributed by atoms with van der Waals surface area (Å²) in [5.41, 5.74) is 0.633. The molecule has 0 saturated heterocycles. The molecule has 2 aromatic carbocycles. The first-order valence-corrected chi connectivity index (χ1v) is 6.32. The van der Waals surface area contributed by atoms with E-state index < -0.39 is 22.8 Å². The van der Waals surface area contributed by atoms with Crippen LogP contribution in [0.3, 0.4) is 0 Å². The number of benzene rings is 2. The maximum Gasteiger partial charge on any atom is 0.142 e. The van der Waals surface area contributed by atoms with E-state index in [0.29, 0.717) is 5.56 Å². The molecule has 1 unspecified atom stereocenters. The highest BCUT2D eigenvalue weighted by Crippen LogP contribution is 2.32. The van der Waals surface area contributed by atoms with Gasteiger partial charge in [-0.2, -0.15) is 0 Å². The largest absolute Gasteiger partial charge is 0.207 e. The molecule has 0 aliphatic rings. The predicted molar refractivity (Wildman–Crippen MR) is 70.1 cm³/mol. The Bertz CT molecular complexity index is 599. The number of rotatable bonds is 3. The Morgan fingerprint density at radius 1 is 1.00 bits per heavy atom. The summed E-state index contributed by atoms with van der Waals surface area (Å²) in [6, 6.07) is 7.51. The second-order valence-electron chi connectivity index (χ2n) is 4.05. The van der Waals surface area contributed by atoms with Crippen LogP contribution in [0, 0.1) is 17.5 Å². The van der Waals surface area contributed by atoms with Crippen LogP contribution in [0.1, 0.15) is 16.5 Å². The molecule has 2 aromatic rings. The maximum atomic E-state index is 13.5. The Labute approximate surface area is 118 Å². The van der Waals surface area contributed by atoms with E-state index in [1.54, 1.807) is 6.07 Å². The molecule has 100 valence electrons. The Kier molecular flexibility index (Phi) is 4.38. The summed E-state index contributed by atoms with van der Waals surface area (Å²) in [4.78, 5) is 0. The molecular weight excluding hydrogens is 296 g/mol. The van der Waals surface area contributed by atoms with Gasteiger partial charge in [-0.05, 0) is 29.7 Å². The molecule has 0 bridgehead atoms. The van der Waals surface area contributed by atoms with Crippen LogP contribution >= 0.6 is 23.2 Å². The van der Waals surface area contributed by atoms with Crippen LogP contribution in [-0.2, 0) is 6.42 Å². The van der Waals surface area contributed by atoms with Crippen LogP contribution in [0.15, 0.2) is 36.4 Å². The fourth-order valence-electron chi connectivity index (χ4n) is 1.75. The second kappa shape index (κ2) is 5.85. The molecule has 2 rings (SSSR count). The summed E-state index contributed by atoms with van der Waals surface area (Å²) in [5.74, 6) is -1.92. The van der Waals surface area contributed by atoms with Gasteiger partial charge >= 0.3 is 0 Å². The molecule has 0 N–H and O–H groups in total. The van der Waals surface area contributed by atoms with Gasteiger partial charge in [0, 0.05) is 6.07 Å². The highest BCUT2D eigenvalue weighted by Gasteiger charge is 2.17. The summed E-state index contributed by atoms with van der Waals surface area (Å²) in [7, 11) is 0. The van der Waals surface area contributed by atoms with Crippen LogP contribution in [0.5, 0.6) is 0 Å². The van der Waals surface area contributed by atoms with Crippen LogP contribution in [0.2, 0.25) is 5.02 Å². The molecule has 0 radical (unpaired) electrons. The second-order valence-corrected chi connectivity index (χ2v) is 4.96. The number of hydrogen-bond donors (Lipinski definition) is 0. The normalized spacial score (nSPS) is 12.5. The topological polar surface area (TPSA) is 0 Å². The third kappa shape index (κ3) is 3.23. The summed E-state index contributed by atoms with van der Waals surface area (Å²) in [6.45, 7) is 0. The molecule has 0 saturated carbocycles. The van der Waals surface area contributed by atoms with Crippen molar-refractivity contribution >= 4 is 23.2 Å². The molecule has 0 aromatic heterocycles. The number of alkyl halides is 1. The predicted octanol–water partition coefficient (Wildman–Crippen LogP) is 5.28. The maximum absolute atomic E-state index is 13.5. The molecule has 0 nitrogen and oxygen atoms in total. The molecule has 1 atom stereocenters. The summed E-state index contributed by atoms with van der Waals surface area (Å²) in [5, 5.41) is -0.770. The zero-order chi connectivity index (χ0) is 14.0. The fourth-order valence-corrected chi connectivity index (χ4v) is 2.41. The van der Waals surface area contributed by atoms with Crippen LogP contribution < -0.4 is 0 Å². The van der Waals surface area contributed by atoms with Gasteiger partial charge in [-0.3, -0.25) is 0 Å². The van der Waals surface area contributed by atoms with Crippen molar-refractivity contribution in [2.45, 2.75) is 11.8 Å². The van der Waals surface area contributed by atoms with E-state index in [2.05, 4.69) is 0 Å². The van der Waals surface area contributed by atoms with Crippen molar-refractivity contribution in [1.29, 1.82) is 0 Å². The van der Waals surface area contributed by atoms with E-state index in [0.717, 1.165) is 12.1 Å². The summed E-state index contributed by atoms with van der Waals surface area (Å²) in [6.07, 6.45) is 0.0941. The van der Waals surface area contributed by atoms with Crippen molar-refractivity contribution < 1.29 is 13.2 Å². The molecule has 0 aliphatic carbocycles. The molecule has 0 spiro atoms. The van der Waals surface area contributed by atoms with Gasteiger partial charge in [-0.1, -0.05) is 29.8 Å². The third-order valence-corrected chi connectivity index (χ3v) is 3.52. The molecular formula is C14H9Cl2F3. The molecule has 0 amide bonds. The molecule has 5 heteroatoms. The smallest absolute Gasteiger partial charge is 0.142 e. The van der Waals surface area contributed by atoms with Crippen LogP contribution in [-0.4, -0.2) is 0 Å². The van der Waals surface area contributed by atoms with Gasteiger partial charge < -0.3 is 0 Å². The Balaban J connectivity index is 2.25. The highest BCUT2D eigenvalue weighted by atomic mass is 35.5. The van der Waals surface area contributed by atoms with Crippen LogP contribution in [0.4, 0.5) is 13.2 Å². The van der Waals surface area contributed by atoms with Crippen molar-refractivity contribution in [2.75, 3.05) is 0 Å². The van der Waals surface area contributed by atoms with Gasteiger partial charge in [0.25, 0.3) is 0 Å². The van der Waals surface area contributed by atoms with Gasteiger partial charge in [0.1, 0.15) is 17.5 Å². The van der Waals surface area contributed by atoms with Crippen molar-refractivity contribution in [3.63, 3.8) is 0 Å². The number of halogens is 5. The Hall–Kier alpha value is -1.19. The zero-order valence-corrected chi connectivity index (χ0v) is 11.2. The quantitative estimate of drug-likeness (QED) is 0.677. The lowest BCUT2D eigenvalue weighted by atomic mass is 10.0. The standard InChI is InChI=1S/C14H9Cl2F3/c15-11(10-2-1-3-12(18)14(10)16)6-8-4-5-9(17)7-13(8)19/h1-5,7,11H,6H2. The van der Waals surface area contributed by atoms with E-state index in [1.165, 1.54) is 18.2 Å². The molecule has 0 heterocycles. The first-order chi connectivity index (χ1) is 8.99. The Morgan fingerprint density at radius 2 is 1.74 bits per heavy atom. The van der Waals surface area contributed by atoms with Gasteiger partial charge in [0.05, 0.1) is 10.4 Å². The lowest BCUT2D eigenvalue weighted by Crippen LogP contribution is -2.00. The van der Waals surface area contributed by atoms with Crippen LogP contribution in [0.25, 0.3) is 0 Å². The SMILES string of the molecule is Fc1ccc(CC(Cl)c2cccc(F)c2Cl)c(F)c1. The molecule has 0 fully saturated rings. The summed E-state index contributed by atoms with van der Waals surface area (Å²) >= 11 is 11.9. The van der Waals surface area contributed by atoms with Crippen molar-refractivity contribution in [3.8, 4) is 0 Å². The van der Waals surface area contributed by atoms with Gasteiger partial charge in [-0.15, -0.1) is 11.6 Å². The average molecular weight is 305 g/mol. The highest BCUT2D eigenvalue weighted by molar-refractivity contribution is 6.33. The van der Waals surface area contributed by atoms with E-state index in [9.17, 15) is 13.2 Å². The Morgan fingerprint density at radius 3 is 2.42 bits per heavy atom. The molecule has 19 heavy (non-hydrogen) atoms. The number of hydrogen-bond acceptors (Lipinski definition) is 0.